The molecule has 5 heteroatoms. The monoisotopic (exact) mass is 251 g/mol. The third-order valence-corrected chi connectivity index (χ3v) is 4.13. The highest BCUT2D eigenvalue weighted by Crippen LogP contribution is 2.32. The lowest BCUT2D eigenvalue weighted by Gasteiger charge is -2.15. The molecule has 0 aliphatic heterocycles. The van der Waals surface area contributed by atoms with Crippen LogP contribution >= 0.6 is 11.3 Å². The number of aliphatic hydroxyl groups is 1. The van der Waals surface area contributed by atoms with Crippen molar-refractivity contribution in [3.63, 3.8) is 0 Å². The number of anilines is 1. The highest BCUT2D eigenvalue weighted by atomic mass is 32.1. The Balaban J connectivity index is 2.46. The summed E-state index contributed by atoms with van der Waals surface area (Å²) < 4.78 is 0. The molecule has 0 amide bonds. The molecule has 1 atom stereocenters. The number of fused-ring (bicyclic) bond motifs is 1. The average Bonchev–Trinajstić information content (AvgIpc) is 2.63. The Hall–Kier alpha value is -1.20. The molecule has 92 valence electrons. The van der Waals surface area contributed by atoms with Crippen molar-refractivity contribution in [1.82, 2.24) is 9.97 Å². The largest absolute Gasteiger partial charge is 0.394 e. The minimum absolute atomic E-state index is 0.0488. The minimum Gasteiger partial charge on any atom is -0.394 e. The van der Waals surface area contributed by atoms with E-state index in [0.717, 1.165) is 22.5 Å². The second kappa shape index (κ2) is 4.98. The third-order valence-electron chi connectivity index (χ3n) is 3.02. The van der Waals surface area contributed by atoms with Crippen molar-refractivity contribution >= 4 is 27.4 Å². The van der Waals surface area contributed by atoms with Crippen LogP contribution < -0.4 is 5.32 Å². The Morgan fingerprint density at radius 3 is 2.82 bits per heavy atom. The smallest absolute Gasteiger partial charge is 0.138 e. The first-order chi connectivity index (χ1) is 8.17. The van der Waals surface area contributed by atoms with Gasteiger partial charge >= 0.3 is 0 Å². The molecule has 17 heavy (non-hydrogen) atoms. The Morgan fingerprint density at radius 2 is 2.18 bits per heavy atom. The number of nitrogens with one attached hydrogen (secondary N) is 1. The van der Waals surface area contributed by atoms with Crippen molar-refractivity contribution in [3.05, 3.63) is 16.8 Å². The van der Waals surface area contributed by atoms with E-state index in [0.29, 0.717) is 0 Å². The number of aliphatic hydroxyl groups excluding tert-OH is 1. The molecule has 2 aromatic heterocycles. The molecule has 0 radical (unpaired) electrons. The molecular weight excluding hydrogens is 234 g/mol. The van der Waals surface area contributed by atoms with Crippen LogP contribution in [0, 0.1) is 13.8 Å². The molecule has 0 fully saturated rings. The fourth-order valence-corrected chi connectivity index (χ4v) is 2.76. The molecular formula is C12H17N3OS. The molecule has 1 unspecified atom stereocenters. The quantitative estimate of drug-likeness (QED) is 0.876. The summed E-state index contributed by atoms with van der Waals surface area (Å²) in [6.07, 6.45) is 2.44. The van der Waals surface area contributed by atoms with Gasteiger partial charge in [0.2, 0.25) is 0 Å². The second-order valence-electron chi connectivity index (χ2n) is 4.12. The summed E-state index contributed by atoms with van der Waals surface area (Å²) in [5.74, 6) is 0.831. The molecule has 2 heterocycles. The zero-order valence-electron chi connectivity index (χ0n) is 10.3. The standard InChI is InChI=1S/C12H17N3OS/c1-4-9(5-16)15-11-10-7(2)8(3)17-12(10)14-6-13-11/h6,9,16H,4-5H2,1-3H3,(H,13,14,15). The zero-order chi connectivity index (χ0) is 12.4. The normalized spacial score (nSPS) is 12.9. The van der Waals surface area contributed by atoms with E-state index in [-0.39, 0.29) is 12.6 Å². The van der Waals surface area contributed by atoms with Crippen LogP contribution in [0.3, 0.4) is 0 Å². The number of thiophene rings is 1. The number of hydrogen-bond donors (Lipinski definition) is 2. The van der Waals surface area contributed by atoms with Crippen molar-refractivity contribution in [3.8, 4) is 0 Å². The van der Waals surface area contributed by atoms with Gasteiger partial charge in [0.05, 0.1) is 18.0 Å². The first-order valence-corrected chi connectivity index (χ1v) is 6.57. The van der Waals surface area contributed by atoms with E-state index < -0.39 is 0 Å². The molecule has 0 saturated carbocycles. The van der Waals surface area contributed by atoms with Crippen LogP contribution in [0.2, 0.25) is 0 Å². The Kier molecular flexibility index (Phi) is 3.59. The maximum Gasteiger partial charge on any atom is 0.138 e. The Morgan fingerprint density at radius 1 is 1.41 bits per heavy atom. The van der Waals surface area contributed by atoms with E-state index >= 15 is 0 Å². The lowest BCUT2D eigenvalue weighted by atomic mass is 10.2. The summed E-state index contributed by atoms with van der Waals surface area (Å²) in [5, 5.41) is 13.6. The topological polar surface area (TPSA) is 58.0 Å². The summed E-state index contributed by atoms with van der Waals surface area (Å²) in [4.78, 5) is 10.8. The summed E-state index contributed by atoms with van der Waals surface area (Å²) >= 11 is 1.68. The molecule has 0 aliphatic carbocycles. The van der Waals surface area contributed by atoms with Crippen molar-refractivity contribution < 1.29 is 5.11 Å². The van der Waals surface area contributed by atoms with Crippen molar-refractivity contribution in [2.24, 2.45) is 0 Å². The SMILES string of the molecule is CCC(CO)Nc1ncnc2sc(C)c(C)c12. The van der Waals surface area contributed by atoms with Crippen LogP contribution in [0.4, 0.5) is 5.82 Å². The molecule has 0 saturated heterocycles. The van der Waals surface area contributed by atoms with Crippen molar-refractivity contribution in [2.75, 3.05) is 11.9 Å². The molecule has 0 aliphatic rings. The molecule has 2 rings (SSSR count). The maximum atomic E-state index is 9.23. The molecule has 2 N–H and O–H groups in total. The zero-order valence-corrected chi connectivity index (χ0v) is 11.1. The highest BCUT2D eigenvalue weighted by molar-refractivity contribution is 7.18. The van der Waals surface area contributed by atoms with E-state index in [1.54, 1.807) is 17.7 Å². The van der Waals surface area contributed by atoms with Gasteiger partial charge in [0.15, 0.2) is 0 Å². The van der Waals surface area contributed by atoms with Crippen LogP contribution in [0.1, 0.15) is 23.8 Å². The lowest BCUT2D eigenvalue weighted by molar-refractivity contribution is 0.271. The predicted octanol–water partition coefficient (Wildman–Crippen LogP) is 2.49. The Bertz CT molecular complexity index is 520. The van der Waals surface area contributed by atoms with E-state index in [1.807, 2.05) is 6.92 Å². The lowest BCUT2D eigenvalue weighted by Crippen LogP contribution is -2.23. The summed E-state index contributed by atoms with van der Waals surface area (Å²) in [6, 6.07) is 0.0488. The van der Waals surface area contributed by atoms with E-state index in [9.17, 15) is 5.11 Å². The van der Waals surface area contributed by atoms with Crippen LogP contribution in [0.5, 0.6) is 0 Å². The van der Waals surface area contributed by atoms with Gasteiger partial charge in [0.1, 0.15) is 17.0 Å². The number of rotatable bonds is 4. The van der Waals surface area contributed by atoms with Gasteiger partial charge in [0, 0.05) is 4.88 Å². The van der Waals surface area contributed by atoms with E-state index in [2.05, 4.69) is 29.1 Å². The molecule has 0 bridgehead atoms. The maximum absolute atomic E-state index is 9.23. The number of aryl methyl sites for hydroxylation is 2. The van der Waals surface area contributed by atoms with Gasteiger partial charge in [-0.3, -0.25) is 0 Å². The molecule has 0 aromatic carbocycles. The summed E-state index contributed by atoms with van der Waals surface area (Å²) in [5.41, 5.74) is 1.22. The van der Waals surface area contributed by atoms with E-state index in [1.165, 1.54) is 10.4 Å². The molecule has 0 spiro atoms. The van der Waals surface area contributed by atoms with Crippen LogP contribution in [-0.4, -0.2) is 27.7 Å². The predicted molar refractivity (Wildman–Crippen MR) is 71.7 cm³/mol. The van der Waals surface area contributed by atoms with Gasteiger partial charge in [-0.15, -0.1) is 11.3 Å². The van der Waals surface area contributed by atoms with Crippen molar-refractivity contribution in [2.45, 2.75) is 33.2 Å². The Labute approximate surface area is 105 Å². The van der Waals surface area contributed by atoms with Gasteiger partial charge in [-0.2, -0.15) is 0 Å². The van der Waals surface area contributed by atoms with Gasteiger partial charge in [-0.05, 0) is 25.8 Å². The summed E-state index contributed by atoms with van der Waals surface area (Å²) in [7, 11) is 0. The number of aromatic nitrogens is 2. The van der Waals surface area contributed by atoms with Gasteiger partial charge in [0.25, 0.3) is 0 Å². The van der Waals surface area contributed by atoms with Gasteiger partial charge in [-0.25, -0.2) is 9.97 Å². The van der Waals surface area contributed by atoms with Crippen molar-refractivity contribution in [1.29, 1.82) is 0 Å². The molecule has 4 nitrogen and oxygen atoms in total. The van der Waals surface area contributed by atoms with Crippen LogP contribution in [0.25, 0.3) is 10.2 Å². The van der Waals surface area contributed by atoms with Crippen LogP contribution in [-0.2, 0) is 0 Å². The second-order valence-corrected chi connectivity index (χ2v) is 5.32. The first-order valence-electron chi connectivity index (χ1n) is 5.75. The van der Waals surface area contributed by atoms with E-state index in [4.69, 9.17) is 0 Å². The highest BCUT2D eigenvalue weighted by Gasteiger charge is 2.13. The number of nitrogens with zero attached hydrogens (tertiary/aromatic N) is 2. The fourth-order valence-electron chi connectivity index (χ4n) is 1.76. The average molecular weight is 251 g/mol. The minimum atomic E-state index is 0.0488. The molecule has 2 aromatic rings. The fraction of sp³-hybridized carbons (Fsp3) is 0.500. The summed E-state index contributed by atoms with van der Waals surface area (Å²) in [6.45, 7) is 6.33. The van der Waals surface area contributed by atoms with Gasteiger partial charge in [-0.1, -0.05) is 6.92 Å². The first kappa shape index (κ1) is 12.3. The van der Waals surface area contributed by atoms with Crippen LogP contribution in [0.15, 0.2) is 6.33 Å². The van der Waals surface area contributed by atoms with Gasteiger partial charge < -0.3 is 10.4 Å². The number of hydrogen-bond acceptors (Lipinski definition) is 5. The third kappa shape index (κ3) is 2.25.